The number of rotatable bonds is 3. The van der Waals surface area contributed by atoms with Crippen LogP contribution in [0.5, 0.6) is 0 Å². The van der Waals surface area contributed by atoms with Gasteiger partial charge >= 0.3 is 0 Å². The van der Waals surface area contributed by atoms with Crippen LogP contribution >= 0.6 is 27.3 Å². The Morgan fingerprint density at radius 2 is 2.08 bits per heavy atom. The van der Waals surface area contributed by atoms with E-state index in [4.69, 9.17) is 0 Å². The highest BCUT2D eigenvalue weighted by Crippen LogP contribution is 2.26. The summed E-state index contributed by atoms with van der Waals surface area (Å²) in [6.07, 6.45) is 3.32. The van der Waals surface area contributed by atoms with Crippen molar-refractivity contribution in [3.63, 3.8) is 0 Å². The Morgan fingerprint density at radius 3 is 2.72 bits per heavy atom. The molecule has 1 aliphatic heterocycles. The van der Waals surface area contributed by atoms with Crippen LogP contribution in [0.3, 0.4) is 0 Å². The molecule has 1 unspecified atom stereocenters. The Labute approximate surface area is 160 Å². The van der Waals surface area contributed by atoms with Crippen molar-refractivity contribution in [1.82, 2.24) is 4.90 Å². The molecule has 1 aromatic carbocycles. The molecule has 1 atom stereocenters. The number of carbonyl (C=O) groups excluding carboxylic acids is 2. The summed E-state index contributed by atoms with van der Waals surface area (Å²) in [5.74, 6) is -0.0668. The monoisotopic (exact) mass is 420 g/mol. The van der Waals surface area contributed by atoms with Crippen molar-refractivity contribution in [3.8, 4) is 0 Å². The maximum Gasteiger partial charge on any atom is 0.266 e. The van der Waals surface area contributed by atoms with Crippen LogP contribution in [0.1, 0.15) is 51.8 Å². The number of hydrogen-bond acceptors (Lipinski definition) is 3. The van der Waals surface area contributed by atoms with Crippen molar-refractivity contribution < 1.29 is 9.59 Å². The third kappa shape index (κ3) is 3.96. The van der Waals surface area contributed by atoms with E-state index in [-0.39, 0.29) is 17.9 Å². The predicted octanol–water partition coefficient (Wildman–Crippen LogP) is 5.09. The first-order valence-electron chi connectivity index (χ1n) is 8.43. The van der Waals surface area contributed by atoms with Crippen molar-refractivity contribution in [2.45, 2.75) is 39.2 Å². The Kier molecular flexibility index (Phi) is 5.59. The number of amides is 2. The molecule has 3 rings (SSSR count). The van der Waals surface area contributed by atoms with Crippen LogP contribution in [0.25, 0.3) is 0 Å². The summed E-state index contributed by atoms with van der Waals surface area (Å²) in [6.45, 7) is 4.84. The average molecular weight is 421 g/mol. The van der Waals surface area contributed by atoms with Crippen LogP contribution in [0.2, 0.25) is 0 Å². The number of nitrogens with one attached hydrogen (secondary N) is 1. The molecule has 25 heavy (non-hydrogen) atoms. The van der Waals surface area contributed by atoms with E-state index in [0.717, 1.165) is 35.1 Å². The minimum absolute atomic E-state index is 0.0779. The van der Waals surface area contributed by atoms with E-state index in [9.17, 15) is 9.59 Å². The first-order chi connectivity index (χ1) is 12.0. The van der Waals surface area contributed by atoms with Gasteiger partial charge in [-0.2, -0.15) is 0 Å². The molecule has 1 saturated heterocycles. The molecule has 1 aromatic heterocycles. The Bertz CT molecular complexity index is 802. The van der Waals surface area contributed by atoms with E-state index in [0.29, 0.717) is 10.4 Å². The molecule has 0 spiro atoms. The SMILES string of the molecule is Cc1cc(C(=O)N2CCCCC2C)ccc1NC(=O)c1sccc1Br. The van der Waals surface area contributed by atoms with Gasteiger partial charge in [0.1, 0.15) is 4.88 Å². The maximum absolute atomic E-state index is 12.8. The van der Waals surface area contributed by atoms with Gasteiger partial charge in [0, 0.05) is 28.3 Å². The van der Waals surface area contributed by atoms with Gasteiger partial charge in [-0.15, -0.1) is 11.3 Å². The molecule has 0 saturated carbocycles. The highest BCUT2D eigenvalue weighted by atomic mass is 79.9. The summed E-state index contributed by atoms with van der Waals surface area (Å²) in [5.41, 5.74) is 2.30. The van der Waals surface area contributed by atoms with E-state index < -0.39 is 0 Å². The number of hydrogen-bond donors (Lipinski definition) is 1. The van der Waals surface area contributed by atoms with Crippen LogP contribution in [0, 0.1) is 6.92 Å². The number of carbonyl (C=O) groups is 2. The summed E-state index contributed by atoms with van der Waals surface area (Å²) in [6, 6.07) is 7.63. The van der Waals surface area contributed by atoms with Gasteiger partial charge in [0.2, 0.25) is 0 Å². The normalized spacial score (nSPS) is 17.4. The van der Waals surface area contributed by atoms with Crippen molar-refractivity contribution >= 4 is 44.8 Å². The molecular weight excluding hydrogens is 400 g/mol. The van der Waals surface area contributed by atoms with Gasteiger partial charge in [-0.3, -0.25) is 9.59 Å². The summed E-state index contributed by atoms with van der Waals surface area (Å²) >= 11 is 4.77. The molecule has 2 amide bonds. The zero-order chi connectivity index (χ0) is 18.0. The molecule has 1 aliphatic rings. The van der Waals surface area contributed by atoms with Crippen LogP contribution < -0.4 is 5.32 Å². The van der Waals surface area contributed by atoms with E-state index in [1.807, 2.05) is 35.4 Å². The first-order valence-corrected chi connectivity index (χ1v) is 10.1. The number of thiophene rings is 1. The Morgan fingerprint density at radius 1 is 1.28 bits per heavy atom. The highest BCUT2D eigenvalue weighted by Gasteiger charge is 2.24. The predicted molar refractivity (Wildman–Crippen MR) is 106 cm³/mol. The van der Waals surface area contributed by atoms with Crippen LogP contribution in [-0.4, -0.2) is 29.3 Å². The van der Waals surface area contributed by atoms with E-state index in [1.54, 1.807) is 6.07 Å². The second-order valence-electron chi connectivity index (χ2n) is 6.42. The molecule has 1 fully saturated rings. The number of nitrogens with zero attached hydrogens (tertiary/aromatic N) is 1. The van der Waals surface area contributed by atoms with Gasteiger partial charge in [0.25, 0.3) is 11.8 Å². The number of piperidine rings is 1. The molecule has 4 nitrogen and oxygen atoms in total. The summed E-state index contributed by atoms with van der Waals surface area (Å²) in [7, 11) is 0. The average Bonchev–Trinajstić information content (AvgIpc) is 3.02. The zero-order valence-electron chi connectivity index (χ0n) is 14.3. The smallest absolute Gasteiger partial charge is 0.266 e. The zero-order valence-corrected chi connectivity index (χ0v) is 16.7. The summed E-state index contributed by atoms with van der Waals surface area (Å²) in [4.78, 5) is 27.7. The highest BCUT2D eigenvalue weighted by molar-refractivity contribution is 9.10. The van der Waals surface area contributed by atoms with Gasteiger partial charge in [-0.25, -0.2) is 0 Å². The molecule has 2 aromatic rings. The van der Waals surface area contributed by atoms with Crippen LogP contribution in [0.15, 0.2) is 34.1 Å². The number of likely N-dealkylation sites (tertiary alicyclic amines) is 1. The lowest BCUT2D eigenvalue weighted by atomic mass is 10.0. The third-order valence-electron chi connectivity index (χ3n) is 4.61. The van der Waals surface area contributed by atoms with Gasteiger partial charge < -0.3 is 10.2 Å². The second kappa shape index (κ2) is 7.70. The largest absolute Gasteiger partial charge is 0.336 e. The quantitative estimate of drug-likeness (QED) is 0.751. The van der Waals surface area contributed by atoms with E-state index in [1.165, 1.54) is 17.8 Å². The summed E-state index contributed by atoms with van der Waals surface area (Å²) < 4.78 is 0.790. The molecule has 1 N–H and O–H groups in total. The van der Waals surface area contributed by atoms with Crippen molar-refractivity contribution in [1.29, 1.82) is 0 Å². The minimum atomic E-state index is -0.145. The lowest BCUT2D eigenvalue weighted by molar-refractivity contribution is 0.0635. The number of aryl methyl sites for hydroxylation is 1. The molecular formula is C19H21BrN2O2S. The lowest BCUT2D eigenvalue weighted by Gasteiger charge is -2.33. The molecule has 0 bridgehead atoms. The fraction of sp³-hybridized carbons (Fsp3) is 0.368. The minimum Gasteiger partial charge on any atom is -0.336 e. The standard InChI is InChI=1S/C19H21BrN2O2S/c1-12-11-14(19(24)22-9-4-3-5-13(22)2)6-7-16(12)21-18(23)17-15(20)8-10-25-17/h6-8,10-11,13H,3-5,9H2,1-2H3,(H,21,23). The number of halogens is 1. The molecule has 2 heterocycles. The third-order valence-corrected chi connectivity index (χ3v) is 6.45. The van der Waals surface area contributed by atoms with Gasteiger partial charge in [-0.1, -0.05) is 0 Å². The molecule has 132 valence electrons. The van der Waals surface area contributed by atoms with Gasteiger partial charge in [0.15, 0.2) is 0 Å². The molecule has 0 aliphatic carbocycles. The van der Waals surface area contributed by atoms with Crippen LogP contribution in [0.4, 0.5) is 5.69 Å². The maximum atomic E-state index is 12.8. The van der Waals surface area contributed by atoms with E-state index >= 15 is 0 Å². The van der Waals surface area contributed by atoms with Crippen LogP contribution in [-0.2, 0) is 0 Å². The second-order valence-corrected chi connectivity index (χ2v) is 8.20. The Balaban J connectivity index is 1.75. The lowest BCUT2D eigenvalue weighted by Crippen LogP contribution is -2.42. The summed E-state index contributed by atoms with van der Waals surface area (Å²) in [5, 5.41) is 4.79. The van der Waals surface area contributed by atoms with Crippen molar-refractivity contribution in [3.05, 3.63) is 50.1 Å². The fourth-order valence-corrected chi connectivity index (χ4v) is 4.58. The van der Waals surface area contributed by atoms with Gasteiger partial charge in [-0.05, 0) is 84.2 Å². The van der Waals surface area contributed by atoms with Crippen molar-refractivity contribution in [2.75, 3.05) is 11.9 Å². The van der Waals surface area contributed by atoms with Gasteiger partial charge in [0.05, 0.1) is 0 Å². The molecule has 0 radical (unpaired) electrons. The van der Waals surface area contributed by atoms with Crippen molar-refractivity contribution in [2.24, 2.45) is 0 Å². The topological polar surface area (TPSA) is 49.4 Å². The fourth-order valence-electron chi connectivity index (χ4n) is 3.14. The first kappa shape index (κ1) is 18.1. The molecule has 6 heteroatoms. The van der Waals surface area contributed by atoms with E-state index in [2.05, 4.69) is 28.2 Å². The number of anilines is 1. The number of benzene rings is 1. The Hall–Kier alpha value is -1.66.